The van der Waals surface area contributed by atoms with Gasteiger partial charge < -0.3 is 10.0 Å². The molecule has 0 radical (unpaired) electrons. The molecule has 1 amide bonds. The number of aliphatic hydroxyl groups is 1. The Morgan fingerprint density at radius 2 is 1.72 bits per heavy atom. The first-order valence-corrected chi connectivity index (χ1v) is 10.4. The molecule has 6 rings (SSSR count). The number of halogens is 1. The Morgan fingerprint density at radius 1 is 1.00 bits per heavy atom. The van der Waals surface area contributed by atoms with Crippen molar-refractivity contribution < 1.29 is 14.3 Å². The molecule has 0 spiro atoms. The van der Waals surface area contributed by atoms with Crippen LogP contribution in [0.25, 0.3) is 0 Å². The lowest BCUT2D eigenvalue weighted by molar-refractivity contribution is -0.132. The Hall–Kier alpha value is -2.66. The molecular weight excluding hydrogens is 367 g/mol. The molecule has 4 nitrogen and oxygen atoms in total. The SMILES string of the molecule is O=C(/C(O)=C1\CN2CCC1CC2)N1CCc2ccccc2[C@@H]1c1ccc(F)cc1. The molecule has 1 N–H and O–H groups in total. The molecule has 2 bridgehead atoms. The van der Waals surface area contributed by atoms with Crippen LogP contribution in [-0.4, -0.2) is 47.0 Å². The van der Waals surface area contributed by atoms with Gasteiger partial charge in [-0.05, 0) is 72.7 Å². The van der Waals surface area contributed by atoms with Gasteiger partial charge in [0.25, 0.3) is 5.91 Å². The Labute approximate surface area is 170 Å². The summed E-state index contributed by atoms with van der Waals surface area (Å²) in [6.45, 7) is 3.31. The van der Waals surface area contributed by atoms with Gasteiger partial charge in [-0.3, -0.25) is 9.69 Å². The number of hydrogen-bond donors (Lipinski definition) is 1. The molecule has 1 atom stereocenters. The van der Waals surface area contributed by atoms with Gasteiger partial charge in [-0.15, -0.1) is 0 Å². The van der Waals surface area contributed by atoms with Gasteiger partial charge in [-0.25, -0.2) is 4.39 Å². The summed E-state index contributed by atoms with van der Waals surface area (Å²) < 4.78 is 13.5. The van der Waals surface area contributed by atoms with Crippen LogP contribution in [0, 0.1) is 11.7 Å². The van der Waals surface area contributed by atoms with E-state index in [-0.39, 0.29) is 23.5 Å². The molecule has 4 heterocycles. The van der Waals surface area contributed by atoms with Gasteiger partial charge >= 0.3 is 0 Å². The number of carbonyl (C=O) groups is 1. The molecule has 150 valence electrons. The van der Waals surface area contributed by atoms with Crippen LogP contribution in [-0.2, 0) is 11.2 Å². The summed E-state index contributed by atoms with van der Waals surface area (Å²) in [5.74, 6) is -0.373. The molecule has 4 aliphatic rings. The van der Waals surface area contributed by atoms with Crippen LogP contribution in [0.4, 0.5) is 4.39 Å². The molecule has 0 aromatic heterocycles. The molecule has 0 saturated carbocycles. The number of nitrogens with zero attached hydrogens (tertiary/aromatic N) is 2. The summed E-state index contributed by atoms with van der Waals surface area (Å²) in [4.78, 5) is 17.5. The third kappa shape index (κ3) is 3.23. The predicted molar refractivity (Wildman–Crippen MR) is 109 cm³/mol. The summed E-state index contributed by atoms with van der Waals surface area (Å²) >= 11 is 0. The van der Waals surface area contributed by atoms with Gasteiger partial charge in [0, 0.05) is 13.1 Å². The number of fused-ring (bicyclic) bond motifs is 4. The largest absolute Gasteiger partial charge is 0.503 e. The number of hydrogen-bond acceptors (Lipinski definition) is 3. The first-order chi connectivity index (χ1) is 14.1. The normalized spacial score (nSPS) is 27.5. The van der Waals surface area contributed by atoms with Gasteiger partial charge in [0.15, 0.2) is 5.76 Å². The lowest BCUT2D eigenvalue weighted by Gasteiger charge is -2.42. The van der Waals surface area contributed by atoms with Crippen LogP contribution < -0.4 is 0 Å². The molecule has 4 aliphatic heterocycles. The average molecular weight is 392 g/mol. The first-order valence-electron chi connectivity index (χ1n) is 10.4. The Bertz CT molecular complexity index is 961. The van der Waals surface area contributed by atoms with E-state index in [2.05, 4.69) is 11.0 Å². The van der Waals surface area contributed by atoms with Gasteiger partial charge in [-0.1, -0.05) is 36.4 Å². The molecule has 2 aromatic carbocycles. The van der Waals surface area contributed by atoms with Crippen LogP contribution >= 0.6 is 0 Å². The van der Waals surface area contributed by atoms with E-state index in [1.54, 1.807) is 17.0 Å². The van der Waals surface area contributed by atoms with Gasteiger partial charge in [0.1, 0.15) is 5.82 Å². The number of rotatable bonds is 2. The zero-order valence-electron chi connectivity index (χ0n) is 16.4. The smallest absolute Gasteiger partial charge is 0.289 e. The van der Waals surface area contributed by atoms with E-state index >= 15 is 0 Å². The lowest BCUT2D eigenvalue weighted by Crippen LogP contribution is -2.46. The fraction of sp³-hybridized carbons (Fsp3) is 0.375. The number of piperidine rings is 3. The standard InChI is InChI=1S/C24H25FN2O2/c25-19-7-5-18(6-8-19)22-20-4-2-1-3-16(20)11-14-27(22)24(29)23(28)21-15-26-12-9-17(21)10-13-26/h1-8,17,22,28H,9-15H2/b23-21-/t22-/m0/s1. The second kappa shape index (κ2) is 7.30. The van der Waals surface area contributed by atoms with Crippen molar-refractivity contribution in [3.8, 4) is 0 Å². The quantitative estimate of drug-likeness (QED) is 0.624. The number of benzene rings is 2. The molecule has 29 heavy (non-hydrogen) atoms. The van der Waals surface area contributed by atoms with Crippen molar-refractivity contribution in [2.24, 2.45) is 5.92 Å². The second-order valence-corrected chi connectivity index (χ2v) is 8.33. The molecule has 0 unspecified atom stereocenters. The number of amides is 1. The minimum Gasteiger partial charge on any atom is -0.503 e. The van der Waals surface area contributed by atoms with Crippen LogP contribution in [0.2, 0.25) is 0 Å². The highest BCUT2D eigenvalue weighted by atomic mass is 19.1. The summed E-state index contributed by atoms with van der Waals surface area (Å²) in [6.07, 6.45) is 2.77. The summed E-state index contributed by atoms with van der Waals surface area (Å²) in [7, 11) is 0. The molecule has 5 heteroatoms. The van der Waals surface area contributed by atoms with Crippen molar-refractivity contribution in [2.75, 3.05) is 26.2 Å². The zero-order valence-corrected chi connectivity index (χ0v) is 16.4. The van der Waals surface area contributed by atoms with E-state index in [4.69, 9.17) is 0 Å². The monoisotopic (exact) mass is 392 g/mol. The maximum atomic E-state index is 13.5. The van der Waals surface area contributed by atoms with E-state index < -0.39 is 0 Å². The summed E-state index contributed by atoms with van der Waals surface area (Å²) in [5.41, 5.74) is 3.99. The van der Waals surface area contributed by atoms with Gasteiger partial charge in [0.2, 0.25) is 0 Å². The average Bonchev–Trinajstić information content (AvgIpc) is 2.78. The molecule has 0 aliphatic carbocycles. The Kier molecular flexibility index (Phi) is 4.63. The molecule has 3 saturated heterocycles. The predicted octanol–water partition coefficient (Wildman–Crippen LogP) is 3.84. The summed E-state index contributed by atoms with van der Waals surface area (Å²) in [6, 6.07) is 14.1. The Balaban J connectivity index is 1.54. The highest BCUT2D eigenvalue weighted by Gasteiger charge is 2.38. The minimum atomic E-state index is -0.322. The highest BCUT2D eigenvalue weighted by Crippen LogP contribution is 2.38. The van der Waals surface area contributed by atoms with Crippen LogP contribution in [0.5, 0.6) is 0 Å². The van der Waals surface area contributed by atoms with Crippen molar-refractivity contribution in [1.82, 2.24) is 9.80 Å². The van der Waals surface area contributed by atoms with Crippen molar-refractivity contribution in [3.05, 3.63) is 82.4 Å². The fourth-order valence-corrected chi connectivity index (χ4v) is 5.14. The van der Waals surface area contributed by atoms with Crippen molar-refractivity contribution >= 4 is 5.91 Å². The third-order valence-corrected chi connectivity index (χ3v) is 6.71. The molecule has 3 fully saturated rings. The summed E-state index contributed by atoms with van der Waals surface area (Å²) in [5, 5.41) is 11.0. The van der Waals surface area contributed by atoms with Crippen LogP contribution in [0.15, 0.2) is 59.9 Å². The Morgan fingerprint density at radius 3 is 2.41 bits per heavy atom. The van der Waals surface area contributed by atoms with E-state index in [1.165, 1.54) is 17.7 Å². The molecule has 2 aromatic rings. The van der Waals surface area contributed by atoms with E-state index in [0.29, 0.717) is 19.0 Å². The fourth-order valence-electron chi connectivity index (χ4n) is 5.14. The number of carbonyl (C=O) groups excluding carboxylic acids is 1. The van der Waals surface area contributed by atoms with Crippen molar-refractivity contribution in [2.45, 2.75) is 25.3 Å². The zero-order chi connectivity index (χ0) is 20.0. The highest BCUT2D eigenvalue weighted by molar-refractivity contribution is 5.93. The van der Waals surface area contributed by atoms with Crippen LogP contribution in [0.3, 0.4) is 0 Å². The first kappa shape index (κ1) is 18.4. The van der Waals surface area contributed by atoms with Crippen molar-refractivity contribution in [1.29, 1.82) is 0 Å². The third-order valence-electron chi connectivity index (χ3n) is 6.71. The lowest BCUT2D eigenvalue weighted by atomic mass is 9.82. The maximum absolute atomic E-state index is 13.5. The second-order valence-electron chi connectivity index (χ2n) is 8.33. The van der Waals surface area contributed by atoms with Gasteiger partial charge in [-0.2, -0.15) is 0 Å². The van der Waals surface area contributed by atoms with Crippen LogP contribution in [0.1, 0.15) is 35.6 Å². The van der Waals surface area contributed by atoms with Gasteiger partial charge in [0.05, 0.1) is 6.04 Å². The van der Waals surface area contributed by atoms with E-state index in [1.807, 2.05) is 18.2 Å². The maximum Gasteiger partial charge on any atom is 0.289 e. The van der Waals surface area contributed by atoms with E-state index in [9.17, 15) is 14.3 Å². The number of aliphatic hydroxyl groups excluding tert-OH is 1. The minimum absolute atomic E-state index is 0.0779. The van der Waals surface area contributed by atoms with E-state index in [0.717, 1.165) is 49.1 Å². The topological polar surface area (TPSA) is 43.8 Å². The molecular formula is C24H25FN2O2. The van der Waals surface area contributed by atoms with Crippen molar-refractivity contribution in [3.63, 3.8) is 0 Å².